The summed E-state index contributed by atoms with van der Waals surface area (Å²) in [7, 11) is 0. The van der Waals surface area contributed by atoms with E-state index in [9.17, 15) is 9.18 Å². The summed E-state index contributed by atoms with van der Waals surface area (Å²) < 4.78 is 14.0. The topological polar surface area (TPSA) is 57.8 Å². The number of nitrogens with zero attached hydrogens (tertiary/aromatic N) is 1. The average Bonchev–Trinajstić information content (AvgIpc) is 2.70. The molecule has 1 amide bonds. The summed E-state index contributed by atoms with van der Waals surface area (Å²) in [5, 5.41) is 8.71. The summed E-state index contributed by atoms with van der Waals surface area (Å²) in [5.74, 6) is -0.673. The van der Waals surface area contributed by atoms with Crippen LogP contribution < -0.4 is 5.32 Å². The Bertz CT molecular complexity index is 513. The van der Waals surface area contributed by atoms with Crippen LogP contribution in [-0.2, 0) is 0 Å². The highest BCUT2D eigenvalue weighted by atomic mass is 79.9. The fraction of sp³-hybridized carbons (Fsp3) is 0. The molecule has 6 heteroatoms. The number of hydrogen-bond acceptors (Lipinski definition) is 2. The SMILES string of the molecule is O=C(Nc1ccn[nH]1)c1ccc(Br)cc1F. The third kappa shape index (κ3) is 2.27. The van der Waals surface area contributed by atoms with Crippen molar-refractivity contribution in [2.45, 2.75) is 0 Å². The fourth-order valence-corrected chi connectivity index (χ4v) is 1.52. The predicted octanol–water partition coefficient (Wildman–Crippen LogP) is 2.56. The lowest BCUT2D eigenvalue weighted by molar-refractivity contribution is 0.102. The number of aromatic nitrogens is 2. The maximum absolute atomic E-state index is 13.4. The lowest BCUT2D eigenvalue weighted by atomic mass is 10.2. The van der Waals surface area contributed by atoms with E-state index in [4.69, 9.17) is 0 Å². The minimum atomic E-state index is -0.577. The molecule has 2 N–H and O–H groups in total. The molecule has 0 aliphatic rings. The molecular formula is C10H7BrFN3O. The first-order valence-corrected chi connectivity index (χ1v) is 5.22. The molecular weight excluding hydrogens is 277 g/mol. The third-order valence-corrected chi connectivity index (χ3v) is 2.42. The number of hydrogen-bond donors (Lipinski definition) is 2. The third-order valence-electron chi connectivity index (χ3n) is 1.92. The molecule has 1 aromatic heterocycles. The van der Waals surface area contributed by atoms with Gasteiger partial charge in [0, 0.05) is 10.5 Å². The van der Waals surface area contributed by atoms with E-state index >= 15 is 0 Å². The van der Waals surface area contributed by atoms with Gasteiger partial charge in [-0.15, -0.1) is 0 Å². The molecule has 1 aromatic carbocycles. The second-order valence-corrected chi connectivity index (χ2v) is 3.96. The van der Waals surface area contributed by atoms with Crippen molar-refractivity contribution in [2.24, 2.45) is 0 Å². The molecule has 16 heavy (non-hydrogen) atoms. The van der Waals surface area contributed by atoms with Crippen LogP contribution in [0.2, 0.25) is 0 Å². The van der Waals surface area contributed by atoms with Crippen LogP contribution in [-0.4, -0.2) is 16.1 Å². The van der Waals surface area contributed by atoms with E-state index in [1.165, 1.54) is 18.3 Å². The molecule has 0 aliphatic heterocycles. The van der Waals surface area contributed by atoms with Crippen molar-refractivity contribution in [1.82, 2.24) is 10.2 Å². The summed E-state index contributed by atoms with van der Waals surface area (Å²) in [5.41, 5.74) is -0.0159. The van der Waals surface area contributed by atoms with E-state index in [1.54, 1.807) is 12.1 Å². The molecule has 0 spiro atoms. The van der Waals surface area contributed by atoms with Gasteiger partial charge in [0.1, 0.15) is 11.6 Å². The Morgan fingerprint density at radius 1 is 1.44 bits per heavy atom. The number of carbonyl (C=O) groups excluding carboxylic acids is 1. The van der Waals surface area contributed by atoms with Crippen LogP contribution in [0.4, 0.5) is 10.2 Å². The van der Waals surface area contributed by atoms with Crippen molar-refractivity contribution >= 4 is 27.7 Å². The minimum absolute atomic E-state index is 0.0159. The Kier molecular flexibility index (Phi) is 3.00. The van der Waals surface area contributed by atoms with Gasteiger partial charge in [-0.2, -0.15) is 5.10 Å². The molecule has 0 atom stereocenters. The van der Waals surface area contributed by atoms with Crippen molar-refractivity contribution < 1.29 is 9.18 Å². The normalized spacial score (nSPS) is 10.1. The number of rotatable bonds is 2. The Morgan fingerprint density at radius 3 is 2.88 bits per heavy atom. The van der Waals surface area contributed by atoms with Gasteiger partial charge in [-0.05, 0) is 18.2 Å². The standard InChI is InChI=1S/C10H7BrFN3O/c11-6-1-2-7(8(12)5-6)10(16)14-9-3-4-13-15-9/h1-5H,(H2,13,14,15,16). The number of nitrogens with one attached hydrogen (secondary N) is 2. The van der Waals surface area contributed by atoms with E-state index in [-0.39, 0.29) is 5.56 Å². The largest absolute Gasteiger partial charge is 0.307 e. The van der Waals surface area contributed by atoms with Crippen LogP contribution in [0.15, 0.2) is 34.9 Å². The van der Waals surface area contributed by atoms with Crippen molar-refractivity contribution in [3.05, 3.63) is 46.3 Å². The number of halogens is 2. The minimum Gasteiger partial charge on any atom is -0.307 e. The first-order valence-electron chi connectivity index (χ1n) is 4.42. The molecule has 2 aromatic rings. The molecule has 0 saturated heterocycles. The number of aromatic amines is 1. The van der Waals surface area contributed by atoms with Crippen molar-refractivity contribution in [1.29, 1.82) is 0 Å². The molecule has 82 valence electrons. The highest BCUT2D eigenvalue weighted by Crippen LogP contribution is 2.16. The zero-order valence-corrected chi connectivity index (χ0v) is 9.58. The second-order valence-electron chi connectivity index (χ2n) is 3.05. The predicted molar refractivity (Wildman–Crippen MR) is 60.6 cm³/mol. The highest BCUT2D eigenvalue weighted by Gasteiger charge is 2.12. The maximum Gasteiger partial charge on any atom is 0.259 e. The van der Waals surface area contributed by atoms with Gasteiger partial charge in [-0.25, -0.2) is 4.39 Å². The summed E-state index contributed by atoms with van der Waals surface area (Å²) in [6, 6.07) is 5.83. The number of carbonyl (C=O) groups is 1. The molecule has 0 unspecified atom stereocenters. The van der Waals surface area contributed by atoms with Crippen molar-refractivity contribution in [3.8, 4) is 0 Å². The molecule has 4 nitrogen and oxygen atoms in total. The molecule has 0 bridgehead atoms. The lowest BCUT2D eigenvalue weighted by Gasteiger charge is -2.03. The van der Waals surface area contributed by atoms with Crippen LogP contribution in [0.3, 0.4) is 0 Å². The molecule has 2 rings (SSSR count). The Balaban J connectivity index is 2.21. The van der Waals surface area contributed by atoms with Crippen LogP contribution >= 0.6 is 15.9 Å². The first-order chi connectivity index (χ1) is 7.66. The molecule has 0 fully saturated rings. The summed E-state index contributed by atoms with van der Waals surface area (Å²) in [4.78, 5) is 11.6. The molecule has 0 radical (unpaired) electrons. The van der Waals surface area contributed by atoms with Crippen LogP contribution in [0.1, 0.15) is 10.4 Å². The summed E-state index contributed by atoms with van der Waals surface area (Å²) in [6.45, 7) is 0. The van der Waals surface area contributed by atoms with Crippen LogP contribution in [0, 0.1) is 5.82 Å². The molecule has 0 aliphatic carbocycles. The van der Waals surface area contributed by atoms with Gasteiger partial charge in [0.25, 0.3) is 5.91 Å². The van der Waals surface area contributed by atoms with Crippen LogP contribution in [0.25, 0.3) is 0 Å². The number of benzene rings is 1. The Hall–Kier alpha value is -1.69. The van der Waals surface area contributed by atoms with Gasteiger partial charge >= 0.3 is 0 Å². The second kappa shape index (κ2) is 4.44. The summed E-state index contributed by atoms with van der Waals surface area (Å²) >= 11 is 3.12. The number of anilines is 1. The van der Waals surface area contributed by atoms with E-state index in [2.05, 4.69) is 31.4 Å². The van der Waals surface area contributed by atoms with Crippen molar-refractivity contribution in [3.63, 3.8) is 0 Å². The zero-order valence-electron chi connectivity index (χ0n) is 8.00. The van der Waals surface area contributed by atoms with Crippen molar-refractivity contribution in [2.75, 3.05) is 5.32 Å². The van der Waals surface area contributed by atoms with E-state index in [0.29, 0.717) is 10.3 Å². The quantitative estimate of drug-likeness (QED) is 0.890. The van der Waals surface area contributed by atoms with Gasteiger partial charge in [0.15, 0.2) is 0 Å². The Morgan fingerprint density at radius 2 is 2.25 bits per heavy atom. The zero-order chi connectivity index (χ0) is 11.5. The van der Waals surface area contributed by atoms with E-state index in [1.807, 2.05) is 0 Å². The monoisotopic (exact) mass is 283 g/mol. The van der Waals surface area contributed by atoms with Gasteiger partial charge in [0.2, 0.25) is 0 Å². The van der Waals surface area contributed by atoms with Gasteiger partial charge in [-0.3, -0.25) is 9.89 Å². The number of amides is 1. The molecule has 0 saturated carbocycles. The number of H-pyrrole nitrogens is 1. The Labute approximate surface area is 99.0 Å². The van der Waals surface area contributed by atoms with E-state index in [0.717, 1.165) is 0 Å². The van der Waals surface area contributed by atoms with Gasteiger partial charge < -0.3 is 5.32 Å². The maximum atomic E-state index is 13.4. The average molecular weight is 284 g/mol. The van der Waals surface area contributed by atoms with Gasteiger partial charge in [-0.1, -0.05) is 15.9 Å². The smallest absolute Gasteiger partial charge is 0.259 e. The van der Waals surface area contributed by atoms with Crippen LogP contribution in [0.5, 0.6) is 0 Å². The molecule has 1 heterocycles. The summed E-state index contributed by atoms with van der Waals surface area (Å²) in [6.07, 6.45) is 1.49. The lowest BCUT2D eigenvalue weighted by Crippen LogP contribution is -2.13. The fourth-order valence-electron chi connectivity index (χ4n) is 1.19. The van der Waals surface area contributed by atoms with Gasteiger partial charge in [0.05, 0.1) is 11.8 Å². The highest BCUT2D eigenvalue weighted by molar-refractivity contribution is 9.10. The first kappa shape index (κ1) is 10.8. The van der Waals surface area contributed by atoms with E-state index < -0.39 is 11.7 Å².